The maximum Gasteiger partial charge on any atom is 0.290 e. The molecule has 5 atom stereocenters. The number of hydrogen-bond acceptors (Lipinski definition) is 5. The topological polar surface area (TPSA) is 69.6 Å². The van der Waals surface area contributed by atoms with Gasteiger partial charge in [0.15, 0.2) is 11.1 Å². The molecule has 0 radical (unpaired) electrons. The molecule has 1 unspecified atom stereocenters. The molecule has 2 saturated heterocycles. The Balaban J connectivity index is 1.47. The molecule has 4 aliphatic rings. The second-order valence-electron chi connectivity index (χ2n) is 8.45. The van der Waals surface area contributed by atoms with Crippen molar-refractivity contribution in [2.24, 2.45) is 17.8 Å². The fourth-order valence-electron chi connectivity index (χ4n) is 5.04. The molecule has 148 valence electrons. The Morgan fingerprint density at radius 3 is 2.63 bits per heavy atom. The van der Waals surface area contributed by atoms with Crippen LogP contribution in [0.3, 0.4) is 0 Å². The van der Waals surface area contributed by atoms with E-state index in [9.17, 15) is 13.0 Å². The van der Waals surface area contributed by atoms with E-state index < -0.39 is 17.0 Å². The van der Waals surface area contributed by atoms with Crippen molar-refractivity contribution in [3.63, 3.8) is 0 Å². The van der Waals surface area contributed by atoms with Gasteiger partial charge in [-0.3, -0.25) is 0 Å². The summed E-state index contributed by atoms with van der Waals surface area (Å²) in [7, 11) is 0. The quantitative estimate of drug-likeness (QED) is 0.786. The summed E-state index contributed by atoms with van der Waals surface area (Å²) in [6, 6.07) is 0.281. The van der Waals surface area contributed by atoms with Gasteiger partial charge in [0.05, 0.1) is 5.75 Å². The van der Waals surface area contributed by atoms with E-state index in [2.05, 4.69) is 16.8 Å². The lowest BCUT2D eigenvalue weighted by Gasteiger charge is -2.40. The smallest absolute Gasteiger partial charge is 0.290 e. The molecule has 1 aromatic rings. The van der Waals surface area contributed by atoms with E-state index in [-0.39, 0.29) is 24.1 Å². The van der Waals surface area contributed by atoms with E-state index in [1.54, 1.807) is 0 Å². The lowest BCUT2D eigenvalue weighted by Crippen LogP contribution is -2.47. The number of rotatable bonds is 4. The van der Waals surface area contributed by atoms with Gasteiger partial charge in [0.1, 0.15) is 11.5 Å². The summed E-state index contributed by atoms with van der Waals surface area (Å²) in [4.78, 5) is 13.2. The van der Waals surface area contributed by atoms with Gasteiger partial charge in [-0.05, 0) is 43.9 Å². The van der Waals surface area contributed by atoms with Crippen LogP contribution in [0.4, 0.5) is 20.5 Å². The molecule has 1 saturated carbocycles. The second-order valence-corrected chi connectivity index (χ2v) is 9.42. The van der Waals surface area contributed by atoms with Crippen LogP contribution in [0.1, 0.15) is 37.4 Å². The first-order valence-electron chi connectivity index (χ1n) is 9.73. The van der Waals surface area contributed by atoms with Crippen molar-refractivity contribution in [1.29, 1.82) is 0 Å². The highest BCUT2D eigenvalue weighted by Crippen LogP contribution is 2.54. The molecule has 3 fully saturated rings. The highest BCUT2D eigenvalue weighted by atomic mass is 32.2. The maximum atomic E-state index is 14.6. The summed E-state index contributed by atoms with van der Waals surface area (Å²) in [6.07, 6.45) is 1.91. The molecular weight excluding hydrogens is 374 g/mol. The zero-order valence-corrected chi connectivity index (χ0v) is 16.1. The van der Waals surface area contributed by atoms with E-state index in [4.69, 9.17) is 9.54 Å². The largest absolute Gasteiger partial charge is 0.356 e. The predicted octanol–water partition coefficient (Wildman–Crippen LogP) is 2.41. The molecule has 1 aromatic heterocycles. The van der Waals surface area contributed by atoms with Crippen LogP contribution in [0.5, 0.6) is 0 Å². The Kier molecular flexibility index (Phi) is 3.99. The summed E-state index contributed by atoms with van der Waals surface area (Å²) in [5, 5.41) is 0. The summed E-state index contributed by atoms with van der Waals surface area (Å²) < 4.78 is 49.5. The minimum Gasteiger partial charge on any atom is -0.356 e. The molecule has 0 bridgehead atoms. The van der Waals surface area contributed by atoms with Gasteiger partial charge in [-0.15, -0.1) is 0 Å². The van der Waals surface area contributed by atoms with Crippen LogP contribution >= 0.6 is 0 Å². The SMILES string of the molecule is C[C@H]1CCN1c1nc(N2C[C@@H]3[C@H](C2)[C@H]3CS(=O)O)c2c(n1)C(F)(F)CCC2. The van der Waals surface area contributed by atoms with Gasteiger partial charge >= 0.3 is 0 Å². The molecule has 0 amide bonds. The Morgan fingerprint density at radius 2 is 2.04 bits per heavy atom. The molecular formula is C18H24F2N4O2S. The van der Waals surface area contributed by atoms with Gasteiger partial charge in [0.25, 0.3) is 5.92 Å². The first-order chi connectivity index (χ1) is 12.8. The van der Waals surface area contributed by atoms with Crippen molar-refractivity contribution in [2.75, 3.05) is 35.2 Å². The van der Waals surface area contributed by atoms with Crippen LogP contribution in [-0.4, -0.2) is 50.2 Å². The van der Waals surface area contributed by atoms with Crippen LogP contribution < -0.4 is 9.80 Å². The van der Waals surface area contributed by atoms with Crippen LogP contribution in [0.15, 0.2) is 0 Å². The van der Waals surface area contributed by atoms with Crippen molar-refractivity contribution < 1.29 is 17.5 Å². The average Bonchev–Trinajstić information content (AvgIpc) is 3.03. The standard InChI is InChI=1S/C18H24F2N4O2S/c1-10-4-6-24(10)17-21-15-11(3-2-5-18(15,19)20)16(22-17)23-7-12-13(8-23)14(12)9-27(25)26/h10,12-14H,2-9H2,1H3,(H,25,26)/t10-,12-,13+,14+/m0/s1. The zero-order valence-electron chi connectivity index (χ0n) is 15.3. The van der Waals surface area contributed by atoms with Crippen LogP contribution in [0, 0.1) is 17.8 Å². The summed E-state index contributed by atoms with van der Waals surface area (Å²) in [6.45, 7) is 4.34. The molecule has 9 heteroatoms. The normalized spacial score (nSPS) is 34.7. The van der Waals surface area contributed by atoms with Crippen molar-refractivity contribution >= 4 is 22.8 Å². The van der Waals surface area contributed by atoms with E-state index in [1.165, 1.54) is 0 Å². The number of nitrogens with zero attached hydrogens (tertiary/aromatic N) is 4. The van der Waals surface area contributed by atoms with Gasteiger partial charge in [0, 0.05) is 37.7 Å². The molecule has 2 aliphatic carbocycles. The third-order valence-corrected chi connectivity index (χ3v) is 7.49. The molecule has 2 aliphatic heterocycles. The zero-order chi connectivity index (χ0) is 18.9. The Bertz CT molecular complexity index is 796. The summed E-state index contributed by atoms with van der Waals surface area (Å²) in [5.74, 6) is -0.445. The lowest BCUT2D eigenvalue weighted by atomic mass is 9.92. The fraction of sp³-hybridized carbons (Fsp3) is 0.778. The van der Waals surface area contributed by atoms with E-state index in [0.717, 1.165) is 26.1 Å². The third kappa shape index (κ3) is 2.85. The lowest BCUT2D eigenvalue weighted by molar-refractivity contribution is -0.0263. The first-order valence-corrected chi connectivity index (χ1v) is 11.0. The van der Waals surface area contributed by atoms with Gasteiger partial charge in [0.2, 0.25) is 5.95 Å². The monoisotopic (exact) mass is 398 g/mol. The summed E-state index contributed by atoms with van der Waals surface area (Å²) in [5.41, 5.74) is 0.521. The van der Waals surface area contributed by atoms with E-state index in [1.807, 2.05) is 4.90 Å². The van der Waals surface area contributed by atoms with Crippen LogP contribution in [-0.2, 0) is 23.4 Å². The fourth-order valence-corrected chi connectivity index (χ4v) is 5.86. The molecule has 0 aromatic carbocycles. The summed E-state index contributed by atoms with van der Waals surface area (Å²) >= 11 is -1.77. The van der Waals surface area contributed by atoms with E-state index >= 15 is 0 Å². The molecule has 1 N–H and O–H groups in total. The number of piperidine rings is 1. The molecule has 6 nitrogen and oxygen atoms in total. The van der Waals surface area contributed by atoms with Crippen LogP contribution in [0.25, 0.3) is 0 Å². The molecule has 5 rings (SSSR count). The van der Waals surface area contributed by atoms with Crippen molar-refractivity contribution in [2.45, 2.75) is 44.6 Å². The van der Waals surface area contributed by atoms with Crippen molar-refractivity contribution in [1.82, 2.24) is 9.97 Å². The molecule has 3 heterocycles. The number of aromatic nitrogens is 2. The van der Waals surface area contributed by atoms with Gasteiger partial charge < -0.3 is 14.4 Å². The molecule has 27 heavy (non-hydrogen) atoms. The maximum absolute atomic E-state index is 14.6. The molecule has 0 spiro atoms. The number of alkyl halides is 2. The number of hydrogen-bond donors (Lipinski definition) is 1. The van der Waals surface area contributed by atoms with Crippen LogP contribution in [0.2, 0.25) is 0 Å². The second kappa shape index (κ2) is 6.07. The minimum atomic E-state index is -2.90. The highest BCUT2D eigenvalue weighted by Gasteiger charge is 2.57. The van der Waals surface area contributed by atoms with Gasteiger partial charge in [-0.25, -0.2) is 9.19 Å². The van der Waals surface area contributed by atoms with Crippen molar-refractivity contribution in [3.05, 3.63) is 11.3 Å². The number of anilines is 2. The first kappa shape index (κ1) is 17.7. The number of fused-ring (bicyclic) bond motifs is 2. The van der Waals surface area contributed by atoms with Gasteiger partial charge in [-0.2, -0.15) is 13.8 Å². The highest BCUT2D eigenvalue weighted by molar-refractivity contribution is 7.79. The van der Waals surface area contributed by atoms with E-state index in [0.29, 0.717) is 47.8 Å². The Hall–Kier alpha value is -1.35. The Morgan fingerprint density at radius 1 is 1.30 bits per heavy atom. The van der Waals surface area contributed by atoms with Gasteiger partial charge in [-0.1, -0.05) is 0 Å². The average molecular weight is 398 g/mol. The number of halogens is 2. The third-order valence-electron chi connectivity index (χ3n) is 6.82. The minimum absolute atomic E-state index is 0.0820. The Labute approximate surface area is 159 Å². The van der Waals surface area contributed by atoms with Crippen molar-refractivity contribution in [3.8, 4) is 0 Å². The predicted molar refractivity (Wildman–Crippen MR) is 98.6 cm³/mol.